The average molecular weight is 263 g/mol. The second-order valence-corrected chi connectivity index (χ2v) is 4.40. The van der Waals surface area contributed by atoms with Gasteiger partial charge in [0.15, 0.2) is 0 Å². The van der Waals surface area contributed by atoms with Crippen LogP contribution in [0.5, 0.6) is 0 Å². The quantitative estimate of drug-likeness (QED) is 0.635. The maximum atomic E-state index is 11.8. The van der Waals surface area contributed by atoms with Crippen LogP contribution in [-0.4, -0.2) is 26.1 Å². The van der Waals surface area contributed by atoms with E-state index in [0.29, 0.717) is 5.69 Å². The second-order valence-electron chi connectivity index (χ2n) is 4.01. The summed E-state index contributed by atoms with van der Waals surface area (Å²) in [5.41, 5.74) is 2.95. The molecule has 2 rings (SSSR count). The average Bonchev–Trinajstić information content (AvgIpc) is 2.63. The Morgan fingerprint density at radius 3 is 2.78 bits per heavy atom. The van der Waals surface area contributed by atoms with Crippen molar-refractivity contribution in [1.82, 2.24) is 19.9 Å². The van der Waals surface area contributed by atoms with Gasteiger partial charge in [0.2, 0.25) is 4.77 Å². The van der Waals surface area contributed by atoms with Gasteiger partial charge in [0, 0.05) is 17.0 Å². The highest BCUT2D eigenvalue weighted by atomic mass is 32.1. The highest BCUT2D eigenvalue weighted by molar-refractivity contribution is 7.71. The smallest absolute Gasteiger partial charge is 0.296 e. The molecule has 2 aromatic heterocycles. The summed E-state index contributed by atoms with van der Waals surface area (Å²) in [5.74, 6) is 0. The Kier molecular flexibility index (Phi) is 3.24. The molecule has 0 bridgehead atoms. The number of H-pyrrole nitrogens is 2. The number of rotatable bonds is 2. The molecule has 6 nitrogen and oxygen atoms in total. The van der Waals surface area contributed by atoms with Crippen molar-refractivity contribution in [2.75, 3.05) is 0 Å². The molecule has 0 fully saturated rings. The van der Waals surface area contributed by atoms with Gasteiger partial charge in [-0.3, -0.25) is 9.89 Å². The van der Waals surface area contributed by atoms with Crippen LogP contribution in [0.3, 0.4) is 0 Å². The molecule has 0 radical (unpaired) electrons. The molecule has 0 aliphatic carbocycles. The van der Waals surface area contributed by atoms with Gasteiger partial charge in [-0.15, -0.1) is 0 Å². The molecule has 0 saturated heterocycles. The third-order valence-electron chi connectivity index (χ3n) is 2.52. The maximum Gasteiger partial charge on any atom is 0.296 e. The van der Waals surface area contributed by atoms with E-state index in [-0.39, 0.29) is 10.3 Å². The minimum atomic E-state index is -0.320. The minimum absolute atomic E-state index is 0.173. The Balaban J connectivity index is 2.47. The van der Waals surface area contributed by atoms with E-state index in [4.69, 9.17) is 12.2 Å². The predicted molar refractivity (Wildman–Crippen MR) is 71.7 cm³/mol. The van der Waals surface area contributed by atoms with Crippen molar-refractivity contribution in [1.29, 1.82) is 0 Å². The summed E-state index contributed by atoms with van der Waals surface area (Å²) in [6, 6.07) is 1.95. The molecule has 0 unspecified atom stereocenters. The van der Waals surface area contributed by atoms with Gasteiger partial charge >= 0.3 is 0 Å². The number of hydrogen-bond acceptors (Lipinski definition) is 4. The van der Waals surface area contributed by atoms with Gasteiger partial charge in [-0.25, -0.2) is 0 Å². The van der Waals surface area contributed by atoms with Crippen LogP contribution in [0.15, 0.2) is 16.0 Å². The highest BCUT2D eigenvalue weighted by Crippen LogP contribution is 2.06. The molecule has 0 aliphatic heterocycles. The van der Waals surface area contributed by atoms with Crippen molar-refractivity contribution < 1.29 is 0 Å². The van der Waals surface area contributed by atoms with Crippen molar-refractivity contribution in [3.05, 3.63) is 43.8 Å². The normalized spacial score (nSPS) is 11.3. The molecule has 0 amide bonds. The fourth-order valence-electron chi connectivity index (χ4n) is 1.58. The predicted octanol–water partition coefficient (Wildman–Crippen LogP) is 1.44. The lowest BCUT2D eigenvalue weighted by Crippen LogP contribution is -2.22. The maximum absolute atomic E-state index is 11.8. The number of hydrogen-bond donors (Lipinski definition) is 2. The molecule has 0 saturated carbocycles. The van der Waals surface area contributed by atoms with Gasteiger partial charge in [-0.1, -0.05) is 0 Å². The molecule has 94 valence electrons. The lowest BCUT2D eigenvalue weighted by atomic mass is 10.3. The second kappa shape index (κ2) is 4.69. The van der Waals surface area contributed by atoms with Crippen LogP contribution < -0.4 is 5.56 Å². The van der Waals surface area contributed by atoms with E-state index >= 15 is 0 Å². The number of aromatic amines is 2. The summed E-state index contributed by atoms with van der Waals surface area (Å²) in [5, 5.41) is 10.4. The summed E-state index contributed by atoms with van der Waals surface area (Å²) < 4.78 is 1.30. The van der Waals surface area contributed by atoms with E-state index < -0.39 is 0 Å². The van der Waals surface area contributed by atoms with Crippen molar-refractivity contribution in [2.24, 2.45) is 5.10 Å². The molecule has 7 heteroatoms. The molecule has 2 N–H and O–H groups in total. The van der Waals surface area contributed by atoms with Crippen LogP contribution in [0, 0.1) is 25.5 Å². The third-order valence-corrected chi connectivity index (χ3v) is 2.78. The van der Waals surface area contributed by atoms with Gasteiger partial charge in [0.05, 0.1) is 6.21 Å². The van der Waals surface area contributed by atoms with Gasteiger partial charge in [-0.05, 0) is 39.1 Å². The number of nitrogens with one attached hydrogen (secondary N) is 2. The number of aryl methyl sites for hydroxylation is 3. The summed E-state index contributed by atoms with van der Waals surface area (Å²) in [6.07, 6.45) is 1.60. The third kappa shape index (κ3) is 2.30. The molecule has 2 heterocycles. The van der Waals surface area contributed by atoms with E-state index in [9.17, 15) is 4.79 Å². The van der Waals surface area contributed by atoms with E-state index in [1.165, 1.54) is 0 Å². The lowest BCUT2D eigenvalue weighted by Gasteiger charge is -1.98. The summed E-state index contributed by atoms with van der Waals surface area (Å²) in [4.78, 5) is 15.0. The van der Waals surface area contributed by atoms with Crippen LogP contribution >= 0.6 is 12.2 Å². The van der Waals surface area contributed by atoms with E-state index in [0.717, 1.165) is 21.6 Å². The highest BCUT2D eigenvalue weighted by Gasteiger charge is 2.02. The first-order valence-corrected chi connectivity index (χ1v) is 5.79. The van der Waals surface area contributed by atoms with Crippen molar-refractivity contribution in [2.45, 2.75) is 20.8 Å². The Hall–Kier alpha value is -2.02. The van der Waals surface area contributed by atoms with E-state index in [1.54, 1.807) is 13.1 Å². The van der Waals surface area contributed by atoms with Crippen LogP contribution in [0.25, 0.3) is 0 Å². The molecular weight excluding hydrogens is 250 g/mol. The summed E-state index contributed by atoms with van der Waals surface area (Å²) in [6.45, 7) is 5.50. The zero-order chi connectivity index (χ0) is 13.3. The zero-order valence-electron chi connectivity index (χ0n) is 10.3. The first-order chi connectivity index (χ1) is 8.49. The molecule has 0 aromatic carbocycles. The first-order valence-electron chi connectivity index (χ1n) is 5.38. The fraction of sp³-hybridized carbons (Fsp3) is 0.273. The number of aromatic nitrogens is 4. The molecule has 0 spiro atoms. The van der Waals surface area contributed by atoms with Crippen LogP contribution in [-0.2, 0) is 0 Å². The van der Waals surface area contributed by atoms with Crippen molar-refractivity contribution in [3.63, 3.8) is 0 Å². The Morgan fingerprint density at radius 2 is 2.17 bits per heavy atom. The molecular formula is C11H13N5OS. The molecule has 2 aromatic rings. The van der Waals surface area contributed by atoms with Gasteiger partial charge in [-0.2, -0.15) is 14.9 Å². The van der Waals surface area contributed by atoms with Crippen LogP contribution in [0.1, 0.15) is 22.6 Å². The Bertz CT molecular complexity index is 722. The summed E-state index contributed by atoms with van der Waals surface area (Å²) in [7, 11) is 0. The number of nitrogens with zero attached hydrogens (tertiary/aromatic N) is 3. The SMILES string of the molecule is Cc1cc(/C=N/n2c(=S)[nH]nc(C)c2=O)c(C)[nH]1. The van der Waals surface area contributed by atoms with Gasteiger partial charge < -0.3 is 4.98 Å². The van der Waals surface area contributed by atoms with E-state index in [1.807, 2.05) is 19.9 Å². The van der Waals surface area contributed by atoms with Crippen LogP contribution in [0.2, 0.25) is 0 Å². The van der Waals surface area contributed by atoms with Gasteiger partial charge in [0.25, 0.3) is 5.56 Å². The van der Waals surface area contributed by atoms with Crippen molar-refractivity contribution >= 4 is 18.4 Å². The summed E-state index contributed by atoms with van der Waals surface area (Å²) >= 11 is 4.98. The minimum Gasteiger partial charge on any atom is -0.362 e. The van der Waals surface area contributed by atoms with Crippen molar-refractivity contribution in [3.8, 4) is 0 Å². The topological polar surface area (TPSA) is 78.8 Å². The van der Waals surface area contributed by atoms with E-state index in [2.05, 4.69) is 20.3 Å². The van der Waals surface area contributed by atoms with Gasteiger partial charge in [0.1, 0.15) is 5.69 Å². The zero-order valence-corrected chi connectivity index (χ0v) is 11.1. The first kappa shape index (κ1) is 12.4. The monoisotopic (exact) mass is 263 g/mol. The fourth-order valence-corrected chi connectivity index (χ4v) is 1.75. The molecule has 18 heavy (non-hydrogen) atoms. The van der Waals surface area contributed by atoms with Crippen LogP contribution in [0.4, 0.5) is 0 Å². The Labute approximate surface area is 108 Å². The molecule has 0 atom stereocenters. The standard InChI is InChI=1S/C11H13N5OS/c1-6-4-9(7(2)13-6)5-12-16-10(17)8(3)14-15-11(16)18/h4-5,13H,1-3H3,(H,15,18)/b12-5+. The largest absolute Gasteiger partial charge is 0.362 e. The Morgan fingerprint density at radius 1 is 1.44 bits per heavy atom. The molecule has 0 aliphatic rings. The lowest BCUT2D eigenvalue weighted by molar-refractivity contribution is 0.720.